The first-order valence-electron chi connectivity index (χ1n) is 6.79. The minimum Gasteiger partial charge on any atom is -0.493 e. The Labute approximate surface area is 111 Å². The molecule has 1 unspecified atom stereocenters. The Bertz CT molecular complexity index is 349. The summed E-state index contributed by atoms with van der Waals surface area (Å²) in [7, 11) is 1.97. The molecule has 1 atom stereocenters. The first kappa shape index (κ1) is 14.8. The summed E-state index contributed by atoms with van der Waals surface area (Å²) >= 11 is 0. The van der Waals surface area contributed by atoms with Crippen LogP contribution in [0, 0.1) is 0 Å². The zero-order valence-electron chi connectivity index (χ0n) is 11.6. The third-order valence-electron chi connectivity index (χ3n) is 3.13. The van der Waals surface area contributed by atoms with Crippen molar-refractivity contribution in [1.29, 1.82) is 0 Å². The zero-order valence-corrected chi connectivity index (χ0v) is 11.6. The van der Waals surface area contributed by atoms with Gasteiger partial charge in [-0.2, -0.15) is 0 Å². The number of benzene rings is 1. The van der Waals surface area contributed by atoms with E-state index < -0.39 is 0 Å². The van der Waals surface area contributed by atoms with Gasteiger partial charge >= 0.3 is 0 Å². The maximum Gasteiger partial charge on any atom is 0.124 e. The molecular formula is C16H25NO. The number of ether oxygens (including phenoxy) is 1. The van der Waals surface area contributed by atoms with Crippen LogP contribution in [0.1, 0.15) is 44.2 Å². The number of rotatable bonds is 9. The van der Waals surface area contributed by atoms with Gasteiger partial charge in [0.15, 0.2) is 0 Å². The number of hydrogen-bond donors (Lipinski definition) is 1. The van der Waals surface area contributed by atoms with Crippen molar-refractivity contribution in [2.75, 3.05) is 13.7 Å². The fourth-order valence-corrected chi connectivity index (χ4v) is 1.87. The van der Waals surface area contributed by atoms with Crippen LogP contribution in [0.4, 0.5) is 0 Å². The minimum atomic E-state index is 0.321. The summed E-state index contributed by atoms with van der Waals surface area (Å²) in [5.74, 6) is 1.00. The lowest BCUT2D eigenvalue weighted by atomic mass is 10.1. The third-order valence-corrected chi connectivity index (χ3v) is 3.13. The molecule has 0 spiro atoms. The average Bonchev–Trinajstić information content (AvgIpc) is 2.42. The van der Waals surface area contributed by atoms with Crippen LogP contribution >= 0.6 is 0 Å². The van der Waals surface area contributed by atoms with Crippen LogP contribution in [0.2, 0.25) is 0 Å². The van der Waals surface area contributed by atoms with E-state index in [1.54, 1.807) is 0 Å². The molecule has 0 heterocycles. The van der Waals surface area contributed by atoms with Gasteiger partial charge in [0.1, 0.15) is 5.75 Å². The van der Waals surface area contributed by atoms with Crippen LogP contribution in [0.15, 0.2) is 36.9 Å². The van der Waals surface area contributed by atoms with Gasteiger partial charge in [0, 0.05) is 11.6 Å². The Hall–Kier alpha value is -1.28. The number of nitrogens with one attached hydrogen (secondary N) is 1. The largest absolute Gasteiger partial charge is 0.493 e. The van der Waals surface area contributed by atoms with Gasteiger partial charge in [0.25, 0.3) is 0 Å². The highest BCUT2D eigenvalue weighted by Crippen LogP contribution is 2.24. The number of para-hydroxylation sites is 1. The summed E-state index contributed by atoms with van der Waals surface area (Å²) in [5.41, 5.74) is 1.23. The van der Waals surface area contributed by atoms with Crippen LogP contribution < -0.4 is 10.1 Å². The van der Waals surface area contributed by atoms with Crippen LogP contribution in [0.25, 0.3) is 0 Å². The van der Waals surface area contributed by atoms with Crippen molar-refractivity contribution in [2.45, 2.75) is 38.6 Å². The maximum absolute atomic E-state index is 5.87. The second-order valence-corrected chi connectivity index (χ2v) is 4.53. The molecule has 0 aliphatic rings. The quantitative estimate of drug-likeness (QED) is 0.524. The fourth-order valence-electron chi connectivity index (χ4n) is 1.87. The Morgan fingerprint density at radius 1 is 1.28 bits per heavy atom. The van der Waals surface area contributed by atoms with Gasteiger partial charge in [-0.15, -0.1) is 6.58 Å². The van der Waals surface area contributed by atoms with Crippen LogP contribution in [-0.2, 0) is 0 Å². The highest BCUT2D eigenvalue weighted by molar-refractivity contribution is 5.35. The molecule has 0 bridgehead atoms. The van der Waals surface area contributed by atoms with Gasteiger partial charge in [-0.3, -0.25) is 0 Å². The smallest absolute Gasteiger partial charge is 0.124 e. The molecule has 0 saturated carbocycles. The van der Waals surface area contributed by atoms with Crippen molar-refractivity contribution in [2.24, 2.45) is 0 Å². The summed E-state index contributed by atoms with van der Waals surface area (Å²) < 4.78 is 5.87. The highest BCUT2D eigenvalue weighted by atomic mass is 16.5. The number of hydrogen-bond acceptors (Lipinski definition) is 2. The Morgan fingerprint density at radius 3 is 2.78 bits per heavy atom. The van der Waals surface area contributed by atoms with Gasteiger partial charge in [-0.25, -0.2) is 0 Å². The number of allylic oxidation sites excluding steroid dienone is 1. The molecule has 1 aromatic carbocycles. The van der Waals surface area contributed by atoms with E-state index in [1.165, 1.54) is 18.4 Å². The molecule has 1 N–H and O–H groups in total. The first-order chi connectivity index (χ1) is 8.79. The van der Waals surface area contributed by atoms with Crippen LogP contribution in [0.5, 0.6) is 5.75 Å². The SMILES string of the molecule is C=CCCCCCOc1ccccc1C(C)NC. The minimum absolute atomic E-state index is 0.321. The number of unbranched alkanes of at least 4 members (excludes halogenated alkanes) is 3. The molecule has 100 valence electrons. The van der Waals surface area contributed by atoms with E-state index >= 15 is 0 Å². The average molecular weight is 247 g/mol. The summed E-state index contributed by atoms with van der Waals surface area (Å²) in [5, 5.41) is 3.25. The van der Waals surface area contributed by atoms with E-state index in [2.05, 4.69) is 31.0 Å². The molecular weight excluding hydrogens is 222 g/mol. The molecule has 1 aromatic rings. The molecule has 0 radical (unpaired) electrons. The first-order valence-corrected chi connectivity index (χ1v) is 6.79. The topological polar surface area (TPSA) is 21.3 Å². The lowest BCUT2D eigenvalue weighted by Crippen LogP contribution is -2.13. The van der Waals surface area contributed by atoms with E-state index in [-0.39, 0.29) is 0 Å². The molecule has 0 aromatic heterocycles. The van der Waals surface area contributed by atoms with Crippen LogP contribution in [0.3, 0.4) is 0 Å². The molecule has 2 heteroatoms. The predicted molar refractivity (Wildman–Crippen MR) is 78.1 cm³/mol. The standard InChI is InChI=1S/C16H25NO/c1-4-5-6-7-10-13-18-16-12-9-8-11-15(16)14(2)17-3/h4,8-9,11-12,14,17H,1,5-7,10,13H2,2-3H3. The Morgan fingerprint density at radius 2 is 2.06 bits per heavy atom. The predicted octanol–water partition coefficient (Wildman–Crippen LogP) is 4.09. The van der Waals surface area contributed by atoms with Crippen molar-refractivity contribution >= 4 is 0 Å². The molecule has 0 fully saturated rings. The van der Waals surface area contributed by atoms with Crippen molar-refractivity contribution in [3.8, 4) is 5.75 Å². The summed E-state index contributed by atoms with van der Waals surface area (Å²) in [6, 6.07) is 8.57. The van der Waals surface area contributed by atoms with Gasteiger partial charge in [-0.1, -0.05) is 24.3 Å². The van der Waals surface area contributed by atoms with Crippen molar-refractivity contribution in [3.05, 3.63) is 42.5 Å². The lowest BCUT2D eigenvalue weighted by molar-refractivity contribution is 0.300. The zero-order chi connectivity index (χ0) is 13.2. The molecule has 0 amide bonds. The summed E-state index contributed by atoms with van der Waals surface area (Å²) in [4.78, 5) is 0. The second kappa shape index (κ2) is 8.76. The van der Waals surface area contributed by atoms with Crippen LogP contribution in [-0.4, -0.2) is 13.7 Å². The maximum atomic E-state index is 5.87. The lowest BCUT2D eigenvalue weighted by Gasteiger charge is -2.16. The molecule has 0 saturated heterocycles. The van der Waals surface area contributed by atoms with E-state index in [0.717, 1.165) is 25.2 Å². The molecule has 18 heavy (non-hydrogen) atoms. The molecule has 0 aliphatic heterocycles. The summed E-state index contributed by atoms with van der Waals surface area (Å²) in [6.07, 6.45) is 6.60. The molecule has 1 rings (SSSR count). The van der Waals surface area contributed by atoms with E-state index in [9.17, 15) is 0 Å². The van der Waals surface area contributed by atoms with E-state index in [1.807, 2.05) is 25.3 Å². The monoisotopic (exact) mass is 247 g/mol. The Balaban J connectivity index is 2.39. The third kappa shape index (κ3) is 4.92. The van der Waals surface area contributed by atoms with Gasteiger partial charge in [0.2, 0.25) is 0 Å². The molecule has 2 nitrogen and oxygen atoms in total. The second-order valence-electron chi connectivity index (χ2n) is 4.53. The van der Waals surface area contributed by atoms with Crippen molar-refractivity contribution in [3.63, 3.8) is 0 Å². The fraction of sp³-hybridized carbons (Fsp3) is 0.500. The van der Waals surface area contributed by atoms with Crippen molar-refractivity contribution in [1.82, 2.24) is 5.32 Å². The summed E-state index contributed by atoms with van der Waals surface area (Å²) in [6.45, 7) is 6.67. The van der Waals surface area contributed by atoms with Gasteiger partial charge < -0.3 is 10.1 Å². The van der Waals surface area contributed by atoms with E-state index in [4.69, 9.17) is 4.74 Å². The van der Waals surface area contributed by atoms with Gasteiger partial charge in [0.05, 0.1) is 6.61 Å². The van der Waals surface area contributed by atoms with Gasteiger partial charge in [-0.05, 0) is 45.7 Å². The van der Waals surface area contributed by atoms with Crippen molar-refractivity contribution < 1.29 is 4.74 Å². The highest BCUT2D eigenvalue weighted by Gasteiger charge is 2.08. The molecule has 0 aliphatic carbocycles. The Kier molecular flexibility index (Phi) is 7.19. The normalized spacial score (nSPS) is 12.1. The van der Waals surface area contributed by atoms with E-state index in [0.29, 0.717) is 6.04 Å².